The molecule has 0 spiro atoms. The lowest BCUT2D eigenvalue weighted by Crippen LogP contribution is -2.50. The zero-order chi connectivity index (χ0) is 21.1. The molecule has 2 aromatic carbocycles. The number of hydrogen-bond acceptors (Lipinski definition) is 4. The lowest BCUT2D eigenvalue weighted by molar-refractivity contribution is -0.136. The van der Waals surface area contributed by atoms with Gasteiger partial charge < -0.3 is 19.4 Å². The number of anilines is 2. The second kappa shape index (κ2) is 8.96. The van der Waals surface area contributed by atoms with Crippen molar-refractivity contribution in [2.24, 2.45) is 5.92 Å². The summed E-state index contributed by atoms with van der Waals surface area (Å²) >= 11 is 6.10. The van der Waals surface area contributed by atoms with E-state index >= 15 is 0 Å². The van der Waals surface area contributed by atoms with Crippen molar-refractivity contribution < 1.29 is 14.3 Å². The second-order valence-corrected chi connectivity index (χ2v) is 8.06. The van der Waals surface area contributed by atoms with Crippen LogP contribution in [0.4, 0.5) is 11.4 Å². The number of carbonyl (C=O) groups excluding carboxylic acids is 2. The Morgan fingerprint density at radius 1 is 1.07 bits per heavy atom. The average Bonchev–Trinajstić information content (AvgIpc) is 3.16. The molecule has 2 saturated heterocycles. The van der Waals surface area contributed by atoms with Gasteiger partial charge >= 0.3 is 0 Å². The van der Waals surface area contributed by atoms with Gasteiger partial charge in [0.25, 0.3) is 0 Å². The molecule has 0 aliphatic carbocycles. The third-order valence-electron chi connectivity index (χ3n) is 5.70. The summed E-state index contributed by atoms with van der Waals surface area (Å²) < 4.78 is 5.46. The first kappa shape index (κ1) is 20.5. The van der Waals surface area contributed by atoms with Gasteiger partial charge in [0, 0.05) is 55.5 Å². The molecule has 0 saturated carbocycles. The van der Waals surface area contributed by atoms with Crippen molar-refractivity contribution in [1.82, 2.24) is 4.90 Å². The molecule has 0 aromatic heterocycles. The van der Waals surface area contributed by atoms with Gasteiger partial charge in [-0.05, 0) is 49.4 Å². The Kier molecular flexibility index (Phi) is 6.13. The van der Waals surface area contributed by atoms with Crippen molar-refractivity contribution in [3.8, 4) is 5.75 Å². The van der Waals surface area contributed by atoms with Gasteiger partial charge in [0.15, 0.2) is 0 Å². The molecule has 0 bridgehead atoms. The van der Waals surface area contributed by atoms with Gasteiger partial charge in [-0.15, -0.1) is 0 Å². The highest BCUT2D eigenvalue weighted by Crippen LogP contribution is 2.28. The SMILES string of the molecule is CCOc1ccc(N2CC(C(=O)N3CCN(c4cccc(Cl)c4)CC3)CC2=O)cc1. The van der Waals surface area contributed by atoms with Crippen molar-refractivity contribution >= 4 is 34.8 Å². The fourth-order valence-electron chi connectivity index (χ4n) is 4.13. The van der Waals surface area contributed by atoms with Crippen molar-refractivity contribution in [2.45, 2.75) is 13.3 Å². The van der Waals surface area contributed by atoms with E-state index < -0.39 is 0 Å². The van der Waals surface area contributed by atoms with Crippen LogP contribution in [0, 0.1) is 5.92 Å². The number of benzene rings is 2. The Bertz CT molecular complexity index is 910. The van der Waals surface area contributed by atoms with Crippen LogP contribution < -0.4 is 14.5 Å². The van der Waals surface area contributed by atoms with Gasteiger partial charge in [-0.3, -0.25) is 9.59 Å². The molecule has 2 amide bonds. The summed E-state index contributed by atoms with van der Waals surface area (Å²) in [6, 6.07) is 15.2. The van der Waals surface area contributed by atoms with E-state index in [2.05, 4.69) is 4.90 Å². The van der Waals surface area contributed by atoms with Gasteiger partial charge in [0.05, 0.1) is 12.5 Å². The first-order chi connectivity index (χ1) is 14.5. The highest BCUT2D eigenvalue weighted by Gasteiger charge is 2.38. The van der Waals surface area contributed by atoms with Gasteiger partial charge in [0.2, 0.25) is 11.8 Å². The van der Waals surface area contributed by atoms with Crippen LogP contribution in [0.2, 0.25) is 5.02 Å². The van der Waals surface area contributed by atoms with E-state index in [-0.39, 0.29) is 24.2 Å². The average molecular weight is 428 g/mol. The standard InChI is InChI=1S/C23H26ClN3O3/c1-2-30-21-8-6-19(7-9-21)27-16-17(14-22(27)28)23(29)26-12-10-25(11-13-26)20-5-3-4-18(24)15-20/h3-9,15,17H,2,10-14,16H2,1H3. The minimum atomic E-state index is -0.290. The maximum absolute atomic E-state index is 13.0. The summed E-state index contributed by atoms with van der Waals surface area (Å²) in [5.41, 5.74) is 1.89. The van der Waals surface area contributed by atoms with Crippen LogP contribution in [-0.4, -0.2) is 56.0 Å². The number of rotatable bonds is 5. The normalized spacial score (nSPS) is 19.3. The van der Waals surface area contributed by atoms with Crippen molar-refractivity contribution in [3.63, 3.8) is 0 Å². The molecular formula is C23H26ClN3O3. The van der Waals surface area contributed by atoms with Crippen LogP contribution in [0.5, 0.6) is 5.75 Å². The van der Waals surface area contributed by atoms with Crippen LogP contribution in [0.25, 0.3) is 0 Å². The predicted molar refractivity (Wildman–Crippen MR) is 118 cm³/mol. The Hall–Kier alpha value is -2.73. The monoisotopic (exact) mass is 427 g/mol. The van der Waals surface area contributed by atoms with Crippen molar-refractivity contribution in [2.75, 3.05) is 49.1 Å². The van der Waals surface area contributed by atoms with Crippen LogP contribution >= 0.6 is 11.6 Å². The van der Waals surface area contributed by atoms with Crippen molar-refractivity contribution in [1.29, 1.82) is 0 Å². The number of nitrogens with zero attached hydrogens (tertiary/aromatic N) is 3. The van der Waals surface area contributed by atoms with Crippen LogP contribution in [0.15, 0.2) is 48.5 Å². The minimum Gasteiger partial charge on any atom is -0.494 e. The lowest BCUT2D eigenvalue weighted by atomic mass is 10.1. The molecule has 2 aromatic rings. The van der Waals surface area contributed by atoms with Crippen LogP contribution in [-0.2, 0) is 9.59 Å². The zero-order valence-corrected chi connectivity index (χ0v) is 17.8. The number of ether oxygens (including phenoxy) is 1. The minimum absolute atomic E-state index is 0.00456. The predicted octanol–water partition coefficient (Wildman–Crippen LogP) is 3.44. The molecule has 1 atom stereocenters. The molecule has 2 aliphatic heterocycles. The van der Waals surface area contributed by atoms with Crippen molar-refractivity contribution in [3.05, 3.63) is 53.6 Å². The molecule has 2 aliphatic rings. The van der Waals surface area contributed by atoms with E-state index in [1.165, 1.54) is 0 Å². The summed E-state index contributed by atoms with van der Waals surface area (Å²) in [7, 11) is 0. The number of amides is 2. The fourth-order valence-corrected chi connectivity index (χ4v) is 4.31. The smallest absolute Gasteiger partial charge is 0.228 e. The number of halogens is 1. The third kappa shape index (κ3) is 4.38. The van der Waals surface area contributed by atoms with E-state index in [0.29, 0.717) is 31.3 Å². The highest BCUT2D eigenvalue weighted by atomic mass is 35.5. The highest BCUT2D eigenvalue weighted by molar-refractivity contribution is 6.30. The quantitative estimate of drug-likeness (QED) is 0.733. The Labute approximate surface area is 182 Å². The molecule has 30 heavy (non-hydrogen) atoms. The number of carbonyl (C=O) groups is 2. The van der Waals surface area contributed by atoms with E-state index in [1.807, 2.05) is 60.4 Å². The molecule has 6 nitrogen and oxygen atoms in total. The second-order valence-electron chi connectivity index (χ2n) is 7.62. The first-order valence-corrected chi connectivity index (χ1v) is 10.8. The number of hydrogen-bond donors (Lipinski definition) is 0. The summed E-state index contributed by atoms with van der Waals surface area (Å²) in [6.07, 6.45) is 0.264. The molecule has 158 valence electrons. The largest absolute Gasteiger partial charge is 0.494 e. The van der Waals surface area contributed by atoms with E-state index in [4.69, 9.17) is 16.3 Å². The Balaban J connectivity index is 1.35. The van der Waals surface area contributed by atoms with Crippen LogP contribution in [0.1, 0.15) is 13.3 Å². The third-order valence-corrected chi connectivity index (χ3v) is 5.93. The van der Waals surface area contributed by atoms with E-state index in [0.717, 1.165) is 30.2 Å². The molecule has 1 unspecified atom stereocenters. The fraction of sp³-hybridized carbons (Fsp3) is 0.391. The summed E-state index contributed by atoms with van der Waals surface area (Å²) in [5, 5.41) is 0.713. The number of piperazine rings is 1. The maximum atomic E-state index is 13.0. The molecule has 0 N–H and O–H groups in total. The summed E-state index contributed by atoms with van der Waals surface area (Å²) in [4.78, 5) is 31.4. The first-order valence-electron chi connectivity index (χ1n) is 10.4. The Morgan fingerprint density at radius 2 is 1.80 bits per heavy atom. The molecule has 2 fully saturated rings. The molecule has 2 heterocycles. The lowest BCUT2D eigenvalue weighted by Gasteiger charge is -2.37. The zero-order valence-electron chi connectivity index (χ0n) is 17.1. The van der Waals surface area contributed by atoms with Gasteiger partial charge in [-0.1, -0.05) is 17.7 Å². The molecule has 0 radical (unpaired) electrons. The van der Waals surface area contributed by atoms with Gasteiger partial charge in [-0.25, -0.2) is 0 Å². The Morgan fingerprint density at radius 3 is 2.47 bits per heavy atom. The van der Waals surface area contributed by atoms with Gasteiger partial charge in [0.1, 0.15) is 5.75 Å². The topological polar surface area (TPSA) is 53.1 Å². The molecular weight excluding hydrogens is 402 g/mol. The summed E-state index contributed by atoms with van der Waals surface area (Å²) in [5.74, 6) is 0.553. The van der Waals surface area contributed by atoms with E-state index in [1.54, 1.807) is 4.90 Å². The maximum Gasteiger partial charge on any atom is 0.228 e. The van der Waals surface area contributed by atoms with E-state index in [9.17, 15) is 9.59 Å². The van der Waals surface area contributed by atoms with Crippen LogP contribution in [0.3, 0.4) is 0 Å². The van der Waals surface area contributed by atoms with Gasteiger partial charge in [-0.2, -0.15) is 0 Å². The molecule has 4 rings (SSSR count). The summed E-state index contributed by atoms with van der Waals surface area (Å²) in [6.45, 7) is 5.79. The molecule has 7 heteroatoms.